The molecule has 1 unspecified atom stereocenters. The first-order chi connectivity index (χ1) is 23.6. The lowest BCUT2D eigenvalue weighted by Gasteiger charge is -2.18. The van der Waals surface area contributed by atoms with Gasteiger partial charge >= 0.3 is 5.97 Å². The Morgan fingerprint density at radius 2 is 1.37 bits per heavy atom. The van der Waals surface area contributed by atoms with Crippen molar-refractivity contribution in [2.45, 2.75) is 24.0 Å². The van der Waals surface area contributed by atoms with Gasteiger partial charge in [0, 0.05) is 27.5 Å². The molecular weight excluding hydrogens is 677 g/mol. The van der Waals surface area contributed by atoms with Crippen LogP contribution in [0, 0.1) is 6.92 Å². The van der Waals surface area contributed by atoms with E-state index in [-0.39, 0.29) is 27.1 Å². The van der Waals surface area contributed by atoms with Gasteiger partial charge in [-0.05, 0) is 91.8 Å². The van der Waals surface area contributed by atoms with Crippen molar-refractivity contribution in [1.29, 1.82) is 0 Å². The van der Waals surface area contributed by atoms with Crippen LogP contribution in [0.25, 0.3) is 0 Å². The summed E-state index contributed by atoms with van der Waals surface area (Å²) in [4.78, 5) is 52.8. The minimum Gasteiger partial charge on any atom is -0.465 e. The molecule has 5 aromatic rings. The summed E-state index contributed by atoms with van der Waals surface area (Å²) < 4.78 is 5.03. The molecule has 1 atom stereocenters. The number of thioether (sulfide) groups is 1. The van der Waals surface area contributed by atoms with Crippen LogP contribution < -0.4 is 21.3 Å². The van der Waals surface area contributed by atoms with Crippen molar-refractivity contribution in [3.63, 3.8) is 0 Å². The molecule has 248 valence electrons. The number of anilines is 4. The molecule has 0 aliphatic heterocycles. The average Bonchev–Trinajstić information content (AvgIpc) is 3.43. The van der Waals surface area contributed by atoms with Crippen LogP contribution in [-0.4, -0.2) is 35.8 Å². The van der Waals surface area contributed by atoms with E-state index in [1.54, 1.807) is 55.5 Å². The summed E-state index contributed by atoms with van der Waals surface area (Å²) in [6.07, 6.45) is 0. The SMILES string of the molecule is COC(=O)c1c(NC(=O)C(Sc2cccc(NC(=S)Nc3ccc(C(C)=O)cc3)c2)c2ccccc2)sc(C(=O)Nc2ccccc2)c1C. The molecule has 2 amide bonds. The topological polar surface area (TPSA) is 126 Å². The summed E-state index contributed by atoms with van der Waals surface area (Å²) in [7, 11) is 1.25. The van der Waals surface area contributed by atoms with Gasteiger partial charge in [0.2, 0.25) is 5.91 Å². The van der Waals surface area contributed by atoms with Crippen molar-refractivity contribution in [2.24, 2.45) is 0 Å². The van der Waals surface area contributed by atoms with Crippen molar-refractivity contribution in [2.75, 3.05) is 28.4 Å². The highest BCUT2D eigenvalue weighted by molar-refractivity contribution is 8.00. The van der Waals surface area contributed by atoms with Crippen LogP contribution in [0.15, 0.2) is 114 Å². The number of ketones is 1. The minimum absolute atomic E-state index is 0.0190. The number of thiocarbonyl (C=S) groups is 1. The van der Waals surface area contributed by atoms with Gasteiger partial charge in [0.05, 0.1) is 17.6 Å². The van der Waals surface area contributed by atoms with Crippen molar-refractivity contribution in [1.82, 2.24) is 0 Å². The van der Waals surface area contributed by atoms with E-state index in [1.165, 1.54) is 25.8 Å². The van der Waals surface area contributed by atoms with Crippen LogP contribution in [-0.2, 0) is 9.53 Å². The zero-order valence-electron chi connectivity index (χ0n) is 26.7. The van der Waals surface area contributed by atoms with E-state index in [0.29, 0.717) is 27.6 Å². The van der Waals surface area contributed by atoms with Gasteiger partial charge in [-0.3, -0.25) is 14.4 Å². The molecule has 5 rings (SSSR count). The number of hydrogen-bond acceptors (Lipinski definition) is 8. The molecular formula is C37H32N4O5S3. The molecule has 0 saturated carbocycles. The summed E-state index contributed by atoms with van der Waals surface area (Å²) in [6, 6.07) is 32.7. The van der Waals surface area contributed by atoms with Crippen LogP contribution in [0.5, 0.6) is 0 Å². The van der Waals surface area contributed by atoms with E-state index in [0.717, 1.165) is 27.5 Å². The first-order valence-electron chi connectivity index (χ1n) is 15.0. The lowest BCUT2D eigenvalue weighted by Crippen LogP contribution is -2.20. The number of benzene rings is 4. The number of hydrogen-bond donors (Lipinski definition) is 4. The van der Waals surface area contributed by atoms with Crippen molar-refractivity contribution in [3.05, 3.63) is 136 Å². The highest BCUT2D eigenvalue weighted by Crippen LogP contribution is 2.40. The number of Topliss-reactive ketones (excluding diaryl/α,β-unsaturated/α-hetero) is 1. The predicted octanol–water partition coefficient (Wildman–Crippen LogP) is 8.58. The summed E-state index contributed by atoms with van der Waals surface area (Å²) in [6.45, 7) is 3.17. The number of methoxy groups -OCH3 is 1. The third-order valence-electron chi connectivity index (χ3n) is 7.25. The Hall–Kier alpha value is -5.30. The molecule has 4 N–H and O–H groups in total. The monoisotopic (exact) mass is 708 g/mol. The van der Waals surface area contributed by atoms with Gasteiger partial charge in [0.25, 0.3) is 5.91 Å². The zero-order valence-corrected chi connectivity index (χ0v) is 29.2. The Morgan fingerprint density at radius 3 is 2.02 bits per heavy atom. The third-order valence-corrected chi connectivity index (χ3v) is 9.90. The molecule has 9 nitrogen and oxygen atoms in total. The van der Waals surface area contributed by atoms with Crippen LogP contribution in [0.2, 0.25) is 0 Å². The van der Waals surface area contributed by atoms with Crippen LogP contribution in [0.3, 0.4) is 0 Å². The van der Waals surface area contributed by atoms with E-state index in [9.17, 15) is 19.2 Å². The summed E-state index contributed by atoms with van der Waals surface area (Å²) in [5.74, 6) is -1.47. The number of nitrogens with one attached hydrogen (secondary N) is 4. The van der Waals surface area contributed by atoms with Gasteiger partial charge < -0.3 is 26.0 Å². The third kappa shape index (κ3) is 8.99. The molecule has 0 saturated heterocycles. The number of ether oxygens (including phenoxy) is 1. The molecule has 0 radical (unpaired) electrons. The standard InChI is InChI=1S/C37H32N4O5S3/c1-22-30(36(45)46-3)35(49-31(22)33(43)38-26-13-8-5-9-14-26)41-34(44)32(25-11-6-4-7-12-25)48-29-16-10-15-28(21-29)40-37(47)39-27-19-17-24(18-20-27)23(2)42/h4-21,32H,1-3H3,(H,38,43)(H,41,44)(H2,39,40,47). The fourth-order valence-corrected chi connectivity index (χ4v) is 7.23. The van der Waals surface area contributed by atoms with Gasteiger partial charge in [-0.25, -0.2) is 4.79 Å². The lowest BCUT2D eigenvalue weighted by atomic mass is 10.1. The normalized spacial score (nSPS) is 11.2. The summed E-state index contributed by atoms with van der Waals surface area (Å²) in [5.41, 5.74) is 3.90. The van der Waals surface area contributed by atoms with Gasteiger partial charge in [-0.15, -0.1) is 23.1 Å². The Balaban J connectivity index is 1.36. The Kier molecular flexibility index (Phi) is 11.6. The fourth-order valence-electron chi connectivity index (χ4n) is 4.82. The number of esters is 1. The van der Waals surface area contributed by atoms with Crippen LogP contribution >= 0.6 is 35.3 Å². The molecule has 12 heteroatoms. The van der Waals surface area contributed by atoms with Crippen molar-refractivity contribution < 1.29 is 23.9 Å². The van der Waals surface area contributed by atoms with Gasteiger partial charge in [0.15, 0.2) is 10.9 Å². The minimum atomic E-state index is -0.726. The second-order valence-corrected chi connectivity index (χ2v) is 13.3. The molecule has 1 aromatic heterocycles. The Labute approximate surface area is 297 Å². The fraction of sp³-hybridized carbons (Fsp3) is 0.108. The largest absolute Gasteiger partial charge is 0.465 e. The molecule has 1 heterocycles. The first-order valence-corrected chi connectivity index (χ1v) is 17.1. The van der Waals surface area contributed by atoms with E-state index in [2.05, 4.69) is 21.3 Å². The molecule has 0 fully saturated rings. The molecule has 4 aromatic carbocycles. The molecule has 0 aliphatic rings. The van der Waals surface area contributed by atoms with Crippen LogP contribution in [0.4, 0.5) is 22.1 Å². The average molecular weight is 709 g/mol. The second kappa shape index (κ2) is 16.2. The predicted molar refractivity (Wildman–Crippen MR) is 201 cm³/mol. The van der Waals surface area contributed by atoms with Crippen molar-refractivity contribution in [3.8, 4) is 0 Å². The summed E-state index contributed by atoms with van der Waals surface area (Å²) >= 11 is 7.84. The Morgan fingerprint density at radius 1 is 0.755 bits per heavy atom. The number of amides is 2. The van der Waals surface area contributed by atoms with Gasteiger partial charge in [0.1, 0.15) is 10.3 Å². The quantitative estimate of drug-likeness (QED) is 0.0462. The second-order valence-electron chi connectivity index (χ2n) is 10.7. The number of para-hydroxylation sites is 1. The number of carbonyl (C=O) groups is 4. The summed E-state index contributed by atoms with van der Waals surface area (Å²) in [5, 5.41) is 11.9. The number of thiophene rings is 1. The molecule has 0 aliphatic carbocycles. The molecule has 49 heavy (non-hydrogen) atoms. The van der Waals surface area contributed by atoms with Crippen molar-refractivity contribution >= 4 is 86.1 Å². The van der Waals surface area contributed by atoms with Gasteiger partial charge in [-0.2, -0.15) is 0 Å². The van der Waals surface area contributed by atoms with Crippen LogP contribution in [0.1, 0.15) is 53.7 Å². The smallest absolute Gasteiger partial charge is 0.341 e. The highest BCUT2D eigenvalue weighted by atomic mass is 32.2. The lowest BCUT2D eigenvalue weighted by molar-refractivity contribution is -0.115. The first kappa shape index (κ1) is 35.0. The highest BCUT2D eigenvalue weighted by Gasteiger charge is 2.29. The maximum atomic E-state index is 14.0. The van der Waals surface area contributed by atoms with E-state index >= 15 is 0 Å². The molecule has 0 spiro atoms. The van der Waals surface area contributed by atoms with E-state index < -0.39 is 17.1 Å². The van der Waals surface area contributed by atoms with Gasteiger partial charge in [-0.1, -0.05) is 54.6 Å². The van der Waals surface area contributed by atoms with E-state index in [4.69, 9.17) is 17.0 Å². The number of rotatable bonds is 11. The maximum absolute atomic E-state index is 14.0. The number of carbonyl (C=O) groups excluding carboxylic acids is 4. The molecule has 0 bridgehead atoms. The maximum Gasteiger partial charge on any atom is 0.341 e. The zero-order chi connectivity index (χ0) is 34.9. The van der Waals surface area contributed by atoms with E-state index in [1.807, 2.05) is 60.7 Å². The Bertz CT molecular complexity index is 2000.